The zero-order valence-electron chi connectivity index (χ0n) is 24.4. The van der Waals surface area contributed by atoms with Gasteiger partial charge in [-0.3, -0.25) is 9.59 Å². The fraction of sp³-hybridized carbons (Fsp3) is 0.323. The Kier molecular flexibility index (Phi) is 7.59. The van der Waals surface area contributed by atoms with Crippen molar-refractivity contribution in [1.82, 2.24) is 25.5 Å². The van der Waals surface area contributed by atoms with E-state index in [0.29, 0.717) is 39.8 Å². The Morgan fingerprint density at radius 1 is 1.16 bits per heavy atom. The van der Waals surface area contributed by atoms with Crippen LogP contribution in [-0.4, -0.2) is 51.2 Å². The van der Waals surface area contributed by atoms with Crippen LogP contribution >= 0.6 is 23.2 Å². The number of methoxy groups -OCH3 is 1. The van der Waals surface area contributed by atoms with Crippen molar-refractivity contribution in [3.05, 3.63) is 87.9 Å². The van der Waals surface area contributed by atoms with Gasteiger partial charge < -0.3 is 20.7 Å². The van der Waals surface area contributed by atoms with Gasteiger partial charge in [0.1, 0.15) is 23.3 Å². The Bertz CT molecular complexity index is 1760. The summed E-state index contributed by atoms with van der Waals surface area (Å²) < 4.78 is 23.0. The van der Waals surface area contributed by atoms with Crippen LogP contribution in [0.5, 0.6) is 5.75 Å². The molecule has 3 aromatic carbocycles. The van der Waals surface area contributed by atoms with Gasteiger partial charge in [-0.15, -0.1) is 5.10 Å². The number of benzene rings is 3. The summed E-state index contributed by atoms with van der Waals surface area (Å²) in [5.74, 6) is -2.14. The van der Waals surface area contributed by atoms with Gasteiger partial charge in [-0.05, 0) is 63.7 Å². The van der Waals surface area contributed by atoms with E-state index in [4.69, 9.17) is 27.9 Å². The molecule has 2 aliphatic heterocycles. The van der Waals surface area contributed by atoms with E-state index in [1.807, 2.05) is 0 Å². The van der Waals surface area contributed by atoms with Gasteiger partial charge >= 0.3 is 0 Å². The van der Waals surface area contributed by atoms with Crippen LogP contribution in [0.4, 0.5) is 15.8 Å². The lowest BCUT2D eigenvalue weighted by atomic mass is 9.62. The number of carbonyl (C=O) groups excluding carboxylic acids is 2. The van der Waals surface area contributed by atoms with Crippen LogP contribution < -0.4 is 20.7 Å². The van der Waals surface area contributed by atoms with Crippen molar-refractivity contribution in [2.45, 2.75) is 50.6 Å². The molecule has 3 heterocycles. The van der Waals surface area contributed by atoms with E-state index in [-0.39, 0.29) is 21.9 Å². The van der Waals surface area contributed by atoms with Crippen LogP contribution in [0.15, 0.2) is 60.9 Å². The molecule has 228 valence electrons. The van der Waals surface area contributed by atoms with Gasteiger partial charge in [0, 0.05) is 28.7 Å². The lowest BCUT2D eigenvalue weighted by Gasteiger charge is -2.37. The molecule has 0 radical (unpaired) electrons. The number of tetrazole rings is 1. The second-order valence-electron chi connectivity index (χ2n) is 12.2. The molecule has 0 bridgehead atoms. The molecule has 13 heteroatoms. The second kappa shape index (κ2) is 11.1. The summed E-state index contributed by atoms with van der Waals surface area (Å²) in [7, 11) is 1.48. The number of hydrogen-bond acceptors (Lipinski definition) is 7. The molecule has 4 unspecified atom stereocenters. The maximum atomic E-state index is 16.0. The first-order valence-electron chi connectivity index (χ1n) is 14.0. The third-order valence-corrected chi connectivity index (χ3v) is 8.80. The zero-order valence-corrected chi connectivity index (χ0v) is 25.9. The normalized spacial score (nSPS) is 22.6. The summed E-state index contributed by atoms with van der Waals surface area (Å²) in [6.07, 6.45) is 1.93. The molecule has 4 atom stereocenters. The number of halogens is 3. The molecular formula is C31H30Cl2FN7O3. The fourth-order valence-corrected chi connectivity index (χ4v) is 6.92. The van der Waals surface area contributed by atoms with Crippen molar-refractivity contribution >= 4 is 46.4 Å². The Hall–Kier alpha value is -4.06. The van der Waals surface area contributed by atoms with E-state index in [1.165, 1.54) is 24.2 Å². The zero-order chi connectivity index (χ0) is 31.4. The minimum atomic E-state index is -1.37. The van der Waals surface area contributed by atoms with Crippen LogP contribution in [0.2, 0.25) is 10.0 Å². The largest absolute Gasteiger partial charge is 0.494 e. The highest BCUT2D eigenvalue weighted by molar-refractivity contribution is 6.31. The smallest absolute Gasteiger partial charge is 0.242 e. The van der Waals surface area contributed by atoms with E-state index in [9.17, 15) is 9.59 Å². The van der Waals surface area contributed by atoms with Crippen molar-refractivity contribution < 1.29 is 18.7 Å². The quantitative estimate of drug-likeness (QED) is 0.255. The topological polar surface area (TPSA) is 123 Å². The average Bonchev–Trinajstić information content (AvgIpc) is 3.68. The number of rotatable bonds is 6. The summed E-state index contributed by atoms with van der Waals surface area (Å²) >= 11 is 12.6. The number of carbonyl (C=O) groups is 2. The number of fused-ring (bicyclic) bond motifs is 2. The van der Waals surface area contributed by atoms with Gasteiger partial charge in [-0.25, -0.2) is 9.07 Å². The third-order valence-electron chi connectivity index (χ3n) is 8.28. The number of nitrogens with one attached hydrogen (secondary N) is 3. The standard InChI is InChI=1S/C31H30Cl2FN7O3/c1-30(2,3)14-24-31(19-10-8-16(32)12-22(19)37-29(31)43)25(18-6-5-7-20(33)26(18)34)27(38-24)28(42)36-21-11-9-17(13-23(21)44-4)41-15-35-39-40-41/h5-13,15,24-25,27,38H,14H2,1-4H3,(H,36,42)(H,37,43). The highest BCUT2D eigenvalue weighted by Gasteiger charge is 2.66. The Morgan fingerprint density at radius 3 is 2.66 bits per heavy atom. The molecule has 4 aromatic rings. The third kappa shape index (κ3) is 4.98. The van der Waals surface area contributed by atoms with Crippen molar-refractivity contribution in [3.8, 4) is 11.4 Å². The van der Waals surface area contributed by atoms with E-state index in [2.05, 4.69) is 52.2 Å². The molecule has 6 rings (SSSR count). The number of amides is 2. The Balaban J connectivity index is 1.50. The summed E-state index contributed by atoms with van der Waals surface area (Å²) in [4.78, 5) is 28.6. The maximum Gasteiger partial charge on any atom is 0.242 e. The van der Waals surface area contributed by atoms with Crippen molar-refractivity contribution in [1.29, 1.82) is 0 Å². The van der Waals surface area contributed by atoms with Gasteiger partial charge in [-0.2, -0.15) is 0 Å². The molecule has 1 aromatic heterocycles. The first-order chi connectivity index (χ1) is 20.9. The van der Waals surface area contributed by atoms with E-state index >= 15 is 4.39 Å². The van der Waals surface area contributed by atoms with Crippen LogP contribution in [0.1, 0.15) is 44.2 Å². The average molecular weight is 639 g/mol. The molecule has 1 fully saturated rings. The molecule has 2 amide bonds. The van der Waals surface area contributed by atoms with Gasteiger partial charge in [-0.1, -0.05) is 62.2 Å². The Labute approximate surface area is 263 Å². The van der Waals surface area contributed by atoms with Crippen LogP contribution in [0.25, 0.3) is 5.69 Å². The second-order valence-corrected chi connectivity index (χ2v) is 13.1. The summed E-state index contributed by atoms with van der Waals surface area (Å²) in [6, 6.07) is 13.3. The molecule has 2 aliphatic rings. The molecule has 0 saturated carbocycles. The molecule has 1 saturated heterocycles. The summed E-state index contributed by atoms with van der Waals surface area (Å²) in [6.45, 7) is 6.16. The lowest BCUT2D eigenvalue weighted by molar-refractivity contribution is -0.122. The SMILES string of the molecule is COc1cc(-n2cnnn2)ccc1NC(=O)C1NC(CC(C)(C)C)C2(C(=O)Nc3cc(Cl)ccc32)C1c1cccc(Cl)c1F. The first kappa shape index (κ1) is 30.0. The number of ether oxygens (including phenoxy) is 1. The predicted octanol–water partition coefficient (Wildman–Crippen LogP) is 5.51. The molecule has 3 N–H and O–H groups in total. The minimum absolute atomic E-state index is 0.106. The first-order valence-corrected chi connectivity index (χ1v) is 14.7. The summed E-state index contributed by atoms with van der Waals surface area (Å²) in [5, 5.41) is 20.9. The van der Waals surface area contributed by atoms with Gasteiger partial charge in [0.05, 0.1) is 29.5 Å². The minimum Gasteiger partial charge on any atom is -0.494 e. The van der Waals surface area contributed by atoms with E-state index in [0.717, 1.165) is 0 Å². The van der Waals surface area contributed by atoms with Crippen molar-refractivity contribution in [3.63, 3.8) is 0 Å². The summed E-state index contributed by atoms with van der Waals surface area (Å²) in [5.41, 5.74) is 0.670. The molecule has 44 heavy (non-hydrogen) atoms. The number of aromatic nitrogens is 4. The number of anilines is 2. The monoisotopic (exact) mass is 637 g/mol. The van der Waals surface area contributed by atoms with Crippen molar-refractivity contribution in [2.24, 2.45) is 5.41 Å². The lowest BCUT2D eigenvalue weighted by Crippen LogP contribution is -2.49. The number of hydrogen-bond donors (Lipinski definition) is 3. The number of nitrogens with zero attached hydrogens (tertiary/aromatic N) is 4. The van der Waals surface area contributed by atoms with Gasteiger partial charge in [0.15, 0.2) is 0 Å². The van der Waals surface area contributed by atoms with E-state index < -0.39 is 35.1 Å². The fourth-order valence-electron chi connectivity index (χ4n) is 6.57. The van der Waals surface area contributed by atoms with Crippen molar-refractivity contribution in [2.75, 3.05) is 17.7 Å². The molecule has 1 spiro atoms. The highest BCUT2D eigenvalue weighted by atomic mass is 35.5. The van der Waals surface area contributed by atoms with Crippen LogP contribution in [-0.2, 0) is 15.0 Å². The Morgan fingerprint density at radius 2 is 1.95 bits per heavy atom. The van der Waals surface area contributed by atoms with Gasteiger partial charge in [0.25, 0.3) is 0 Å². The molecule has 10 nitrogen and oxygen atoms in total. The molecular weight excluding hydrogens is 608 g/mol. The van der Waals surface area contributed by atoms with Gasteiger partial charge in [0.2, 0.25) is 11.8 Å². The van der Waals surface area contributed by atoms with Crippen LogP contribution in [0.3, 0.4) is 0 Å². The predicted molar refractivity (Wildman–Crippen MR) is 165 cm³/mol. The maximum absolute atomic E-state index is 16.0. The molecule has 0 aliphatic carbocycles. The van der Waals surface area contributed by atoms with E-state index in [1.54, 1.807) is 48.5 Å². The highest BCUT2D eigenvalue weighted by Crippen LogP contribution is 2.57. The van der Waals surface area contributed by atoms with Crippen LogP contribution in [0, 0.1) is 11.2 Å².